The van der Waals surface area contributed by atoms with Gasteiger partial charge >= 0.3 is 12.6 Å². The summed E-state index contributed by atoms with van der Waals surface area (Å²) in [5.74, 6) is -1.79. The second-order valence-corrected chi connectivity index (χ2v) is 5.53. The van der Waals surface area contributed by atoms with Crippen LogP contribution in [0.2, 0.25) is 0 Å². The van der Waals surface area contributed by atoms with E-state index in [1.165, 1.54) is 24.3 Å². The minimum absolute atomic E-state index is 0.184. The number of esters is 1. The van der Waals surface area contributed by atoms with Crippen LogP contribution >= 0.6 is 0 Å². The molecule has 0 saturated carbocycles. The van der Waals surface area contributed by atoms with Crippen molar-refractivity contribution in [3.63, 3.8) is 0 Å². The van der Waals surface area contributed by atoms with Gasteiger partial charge in [-0.1, -0.05) is 48.5 Å². The van der Waals surface area contributed by atoms with Crippen LogP contribution in [0.25, 0.3) is 10.8 Å². The van der Waals surface area contributed by atoms with E-state index in [2.05, 4.69) is 10.1 Å². The lowest BCUT2D eigenvalue weighted by Gasteiger charge is -2.11. The molecule has 0 aliphatic carbocycles. The largest absolute Gasteiger partial charge is 0.452 e. The zero-order valence-electron chi connectivity index (χ0n) is 14.0. The number of para-hydroxylation sites is 1. The van der Waals surface area contributed by atoms with Crippen LogP contribution in [-0.2, 0) is 9.53 Å². The molecule has 5 nitrogen and oxygen atoms in total. The van der Waals surface area contributed by atoms with E-state index in [0.29, 0.717) is 5.69 Å². The smallest absolute Gasteiger partial charge is 0.387 e. The molecule has 0 heterocycles. The third kappa shape index (κ3) is 4.58. The molecule has 0 radical (unpaired) electrons. The number of ether oxygens (including phenoxy) is 2. The number of nitrogens with one attached hydrogen (secondary N) is 1. The van der Waals surface area contributed by atoms with Crippen molar-refractivity contribution < 1.29 is 27.8 Å². The van der Waals surface area contributed by atoms with Crippen LogP contribution in [0.4, 0.5) is 14.5 Å². The Balaban J connectivity index is 1.65. The molecule has 0 fully saturated rings. The van der Waals surface area contributed by atoms with E-state index in [4.69, 9.17) is 4.74 Å². The molecule has 3 rings (SSSR count). The van der Waals surface area contributed by atoms with Crippen LogP contribution in [0.1, 0.15) is 10.4 Å². The summed E-state index contributed by atoms with van der Waals surface area (Å²) >= 11 is 0. The van der Waals surface area contributed by atoms with Gasteiger partial charge in [-0.2, -0.15) is 8.78 Å². The molecule has 7 heteroatoms. The van der Waals surface area contributed by atoms with Crippen molar-refractivity contribution in [3.05, 3.63) is 72.3 Å². The molecule has 0 aliphatic rings. The Kier molecular flexibility index (Phi) is 5.61. The van der Waals surface area contributed by atoms with Crippen molar-refractivity contribution in [2.45, 2.75) is 6.61 Å². The average molecular weight is 371 g/mol. The minimum Gasteiger partial charge on any atom is -0.452 e. The van der Waals surface area contributed by atoms with Gasteiger partial charge in [0.15, 0.2) is 6.61 Å². The summed E-state index contributed by atoms with van der Waals surface area (Å²) in [7, 11) is 0. The summed E-state index contributed by atoms with van der Waals surface area (Å²) in [4.78, 5) is 24.2. The van der Waals surface area contributed by atoms with E-state index in [0.717, 1.165) is 10.8 Å². The fourth-order valence-corrected chi connectivity index (χ4v) is 2.56. The van der Waals surface area contributed by atoms with E-state index >= 15 is 0 Å². The van der Waals surface area contributed by atoms with Gasteiger partial charge in [0.25, 0.3) is 5.91 Å². The number of hydrogen-bond acceptors (Lipinski definition) is 4. The third-order valence-electron chi connectivity index (χ3n) is 3.72. The standard InChI is InChI=1S/C20H15F2NO4/c21-20(22)27-17-11-4-3-9-15(17)19(25)26-12-18(24)23-16-10-5-7-13-6-1-2-8-14(13)16/h1-11,20H,12H2,(H,23,24). The number of amides is 1. The lowest BCUT2D eigenvalue weighted by atomic mass is 10.1. The second kappa shape index (κ2) is 8.27. The molecule has 1 N–H and O–H groups in total. The first-order valence-corrected chi connectivity index (χ1v) is 8.03. The number of anilines is 1. The molecule has 138 valence electrons. The summed E-state index contributed by atoms with van der Waals surface area (Å²) in [6, 6.07) is 18.3. The summed E-state index contributed by atoms with van der Waals surface area (Å²) in [6.07, 6.45) is 0. The van der Waals surface area contributed by atoms with Crippen molar-refractivity contribution in [1.29, 1.82) is 0 Å². The molecule has 0 atom stereocenters. The SMILES string of the molecule is O=C(COC(=O)c1ccccc1OC(F)F)Nc1cccc2ccccc12. The van der Waals surface area contributed by atoms with Crippen molar-refractivity contribution in [2.75, 3.05) is 11.9 Å². The lowest BCUT2D eigenvalue weighted by Crippen LogP contribution is -2.21. The van der Waals surface area contributed by atoms with Gasteiger partial charge in [0, 0.05) is 11.1 Å². The van der Waals surface area contributed by atoms with Crippen LogP contribution in [0.5, 0.6) is 5.75 Å². The number of benzene rings is 3. The van der Waals surface area contributed by atoms with Crippen molar-refractivity contribution in [2.24, 2.45) is 0 Å². The Morgan fingerprint density at radius 2 is 1.63 bits per heavy atom. The molecule has 0 aliphatic heterocycles. The Bertz CT molecular complexity index is 970. The maximum atomic E-state index is 12.4. The topological polar surface area (TPSA) is 64.6 Å². The molecule has 0 saturated heterocycles. The van der Waals surface area contributed by atoms with Gasteiger partial charge in [-0.25, -0.2) is 4.79 Å². The molecule has 1 amide bonds. The Morgan fingerprint density at radius 3 is 2.44 bits per heavy atom. The molecule has 27 heavy (non-hydrogen) atoms. The molecule has 3 aromatic carbocycles. The first kappa shape index (κ1) is 18.3. The zero-order valence-corrected chi connectivity index (χ0v) is 14.0. The molecule has 0 spiro atoms. The highest BCUT2D eigenvalue weighted by molar-refractivity contribution is 6.03. The number of halogens is 2. The summed E-state index contributed by atoms with van der Waals surface area (Å²) in [5, 5.41) is 4.46. The highest BCUT2D eigenvalue weighted by atomic mass is 19.3. The van der Waals surface area contributed by atoms with Crippen LogP contribution in [0.15, 0.2) is 66.7 Å². The normalized spacial score (nSPS) is 10.6. The summed E-state index contributed by atoms with van der Waals surface area (Å²) < 4.78 is 34.0. The molecular weight excluding hydrogens is 356 g/mol. The maximum Gasteiger partial charge on any atom is 0.387 e. The molecule has 0 bridgehead atoms. The molecular formula is C20H15F2NO4. The fraction of sp³-hybridized carbons (Fsp3) is 0.100. The highest BCUT2D eigenvalue weighted by Gasteiger charge is 2.17. The van der Waals surface area contributed by atoms with E-state index in [9.17, 15) is 18.4 Å². The van der Waals surface area contributed by atoms with Gasteiger partial charge in [-0.15, -0.1) is 0 Å². The van der Waals surface area contributed by atoms with Crippen LogP contribution in [-0.4, -0.2) is 25.1 Å². The third-order valence-corrected chi connectivity index (χ3v) is 3.72. The van der Waals surface area contributed by atoms with Gasteiger partial charge in [0.1, 0.15) is 11.3 Å². The van der Waals surface area contributed by atoms with E-state index < -0.39 is 25.1 Å². The number of rotatable bonds is 6. The summed E-state index contributed by atoms with van der Waals surface area (Å²) in [6.45, 7) is -3.64. The van der Waals surface area contributed by atoms with Crippen molar-refractivity contribution >= 4 is 28.3 Å². The van der Waals surface area contributed by atoms with Gasteiger partial charge in [-0.05, 0) is 23.6 Å². The first-order chi connectivity index (χ1) is 13.0. The highest BCUT2D eigenvalue weighted by Crippen LogP contribution is 2.23. The number of hydrogen-bond donors (Lipinski definition) is 1. The fourth-order valence-electron chi connectivity index (χ4n) is 2.56. The number of carbonyl (C=O) groups is 2. The molecule has 3 aromatic rings. The maximum absolute atomic E-state index is 12.4. The minimum atomic E-state index is -3.08. The lowest BCUT2D eigenvalue weighted by molar-refractivity contribution is -0.119. The Labute approximate surface area is 153 Å². The van der Waals surface area contributed by atoms with Crippen molar-refractivity contribution in [1.82, 2.24) is 0 Å². The van der Waals surface area contributed by atoms with Crippen LogP contribution in [0, 0.1) is 0 Å². The molecule has 0 aromatic heterocycles. The van der Waals surface area contributed by atoms with E-state index in [1.54, 1.807) is 12.1 Å². The first-order valence-electron chi connectivity index (χ1n) is 8.03. The number of fused-ring (bicyclic) bond motifs is 1. The summed E-state index contributed by atoms with van der Waals surface area (Å²) in [5.41, 5.74) is 0.395. The number of alkyl halides is 2. The average Bonchev–Trinajstić information content (AvgIpc) is 2.66. The van der Waals surface area contributed by atoms with Crippen LogP contribution in [0.3, 0.4) is 0 Å². The number of carbonyl (C=O) groups excluding carboxylic acids is 2. The van der Waals surface area contributed by atoms with Gasteiger partial charge < -0.3 is 14.8 Å². The van der Waals surface area contributed by atoms with Crippen LogP contribution < -0.4 is 10.1 Å². The van der Waals surface area contributed by atoms with Gasteiger partial charge in [-0.3, -0.25) is 4.79 Å². The second-order valence-electron chi connectivity index (χ2n) is 5.53. The zero-order chi connectivity index (χ0) is 19.2. The predicted molar refractivity (Wildman–Crippen MR) is 95.9 cm³/mol. The van der Waals surface area contributed by atoms with Crippen molar-refractivity contribution in [3.8, 4) is 5.75 Å². The predicted octanol–water partition coefficient (Wildman–Crippen LogP) is 4.24. The van der Waals surface area contributed by atoms with Gasteiger partial charge in [0.05, 0.1) is 0 Å². The quantitative estimate of drug-likeness (QED) is 0.659. The molecule has 0 unspecified atom stereocenters. The Hall–Kier alpha value is -3.48. The van der Waals surface area contributed by atoms with E-state index in [1.807, 2.05) is 30.3 Å². The van der Waals surface area contributed by atoms with Gasteiger partial charge in [0.2, 0.25) is 0 Å². The van der Waals surface area contributed by atoms with E-state index in [-0.39, 0.29) is 11.3 Å². The Morgan fingerprint density at radius 1 is 0.926 bits per heavy atom. The monoisotopic (exact) mass is 371 g/mol.